The summed E-state index contributed by atoms with van der Waals surface area (Å²) in [7, 11) is 1.38. The highest BCUT2D eigenvalue weighted by Crippen LogP contribution is 2.26. The molecule has 0 radical (unpaired) electrons. The molecule has 0 saturated carbocycles. The van der Waals surface area contributed by atoms with Crippen LogP contribution in [0.5, 0.6) is 5.75 Å². The second kappa shape index (κ2) is 5.38. The molecule has 0 bridgehead atoms. The van der Waals surface area contributed by atoms with Gasteiger partial charge in [-0.2, -0.15) is 0 Å². The number of halogens is 1. The smallest absolute Gasteiger partial charge is 0.323 e. The Labute approximate surface area is 105 Å². The van der Waals surface area contributed by atoms with Crippen molar-refractivity contribution in [3.63, 3.8) is 0 Å². The maximum atomic E-state index is 11.3. The van der Waals surface area contributed by atoms with Crippen molar-refractivity contribution in [3.8, 4) is 5.75 Å². The Balaban J connectivity index is 1.94. The lowest BCUT2D eigenvalue weighted by Crippen LogP contribution is -2.31. The number of carbonyl (C=O) groups is 1. The number of ether oxygens (including phenoxy) is 2. The van der Waals surface area contributed by atoms with Gasteiger partial charge < -0.3 is 14.8 Å². The zero-order valence-corrected chi connectivity index (χ0v) is 10.2. The molecular formula is C12H14ClNO3. The summed E-state index contributed by atoms with van der Waals surface area (Å²) in [5.74, 6) is 0.391. The topological polar surface area (TPSA) is 47.6 Å². The van der Waals surface area contributed by atoms with Crippen molar-refractivity contribution >= 4 is 17.6 Å². The molecule has 0 aliphatic carbocycles. The van der Waals surface area contributed by atoms with Crippen molar-refractivity contribution in [3.05, 3.63) is 29.3 Å². The van der Waals surface area contributed by atoms with Gasteiger partial charge in [-0.15, -0.1) is 0 Å². The van der Waals surface area contributed by atoms with E-state index in [-0.39, 0.29) is 18.1 Å². The number of benzene rings is 1. The SMILES string of the molecule is COC(=O)C1CC(Oc2ccccc2Cl)CN1. The van der Waals surface area contributed by atoms with Crippen LogP contribution < -0.4 is 10.1 Å². The summed E-state index contributed by atoms with van der Waals surface area (Å²) in [5, 5.41) is 3.63. The molecule has 17 heavy (non-hydrogen) atoms. The first-order chi connectivity index (χ1) is 8.20. The predicted molar refractivity (Wildman–Crippen MR) is 64.3 cm³/mol. The normalized spacial score (nSPS) is 23.4. The minimum absolute atomic E-state index is 0.0565. The van der Waals surface area contributed by atoms with Crippen molar-refractivity contribution < 1.29 is 14.3 Å². The third kappa shape index (κ3) is 2.90. The largest absolute Gasteiger partial charge is 0.487 e. The van der Waals surface area contributed by atoms with Crippen LogP contribution in [0.15, 0.2) is 24.3 Å². The molecule has 1 aromatic carbocycles. The number of esters is 1. The summed E-state index contributed by atoms with van der Waals surface area (Å²) in [4.78, 5) is 11.3. The predicted octanol–water partition coefficient (Wildman–Crippen LogP) is 1.62. The van der Waals surface area contributed by atoms with Gasteiger partial charge in [0.05, 0.1) is 12.1 Å². The first kappa shape index (κ1) is 12.2. The minimum Gasteiger partial charge on any atom is -0.487 e. The third-order valence-electron chi connectivity index (χ3n) is 2.71. The van der Waals surface area contributed by atoms with Gasteiger partial charge >= 0.3 is 5.97 Å². The molecule has 5 heteroatoms. The highest BCUT2D eigenvalue weighted by molar-refractivity contribution is 6.32. The molecule has 92 valence electrons. The highest BCUT2D eigenvalue weighted by Gasteiger charge is 2.31. The highest BCUT2D eigenvalue weighted by atomic mass is 35.5. The van der Waals surface area contributed by atoms with Crippen LogP contribution in [-0.2, 0) is 9.53 Å². The van der Waals surface area contributed by atoms with E-state index in [1.807, 2.05) is 18.2 Å². The second-order valence-corrected chi connectivity index (χ2v) is 4.30. The second-order valence-electron chi connectivity index (χ2n) is 3.89. The average molecular weight is 256 g/mol. The maximum absolute atomic E-state index is 11.3. The minimum atomic E-state index is -0.285. The van der Waals surface area contributed by atoms with Crippen LogP contribution in [0.2, 0.25) is 5.02 Å². The summed E-state index contributed by atoms with van der Waals surface area (Å²) >= 11 is 5.99. The van der Waals surface area contributed by atoms with Gasteiger partial charge in [0.2, 0.25) is 0 Å². The van der Waals surface area contributed by atoms with Crippen molar-refractivity contribution in [2.24, 2.45) is 0 Å². The average Bonchev–Trinajstić information content (AvgIpc) is 2.80. The number of rotatable bonds is 3. The number of methoxy groups -OCH3 is 1. The van der Waals surface area contributed by atoms with Gasteiger partial charge in [-0.05, 0) is 12.1 Å². The van der Waals surface area contributed by atoms with E-state index < -0.39 is 0 Å². The molecule has 1 aliphatic heterocycles. The Morgan fingerprint density at radius 2 is 2.24 bits per heavy atom. The maximum Gasteiger partial charge on any atom is 0.323 e. The zero-order chi connectivity index (χ0) is 12.3. The van der Waals surface area contributed by atoms with Gasteiger partial charge in [-0.25, -0.2) is 0 Å². The molecule has 4 nitrogen and oxygen atoms in total. The fourth-order valence-corrected chi connectivity index (χ4v) is 2.02. The number of nitrogens with one attached hydrogen (secondary N) is 1. The van der Waals surface area contributed by atoms with Crippen molar-refractivity contribution in [2.75, 3.05) is 13.7 Å². The van der Waals surface area contributed by atoms with Gasteiger partial charge in [0.1, 0.15) is 17.9 Å². The summed E-state index contributed by atoms with van der Waals surface area (Å²) in [5.41, 5.74) is 0. The summed E-state index contributed by atoms with van der Waals surface area (Å²) in [6, 6.07) is 7.01. The van der Waals surface area contributed by atoms with Crippen LogP contribution in [0, 0.1) is 0 Å². The Bertz CT molecular complexity index is 410. The monoisotopic (exact) mass is 255 g/mol. The molecule has 1 fully saturated rings. The fourth-order valence-electron chi connectivity index (χ4n) is 1.83. The molecule has 2 atom stereocenters. The molecule has 1 aromatic rings. The summed E-state index contributed by atoms with van der Waals surface area (Å²) < 4.78 is 10.4. The Kier molecular flexibility index (Phi) is 3.86. The van der Waals surface area contributed by atoms with E-state index in [1.54, 1.807) is 6.07 Å². The van der Waals surface area contributed by atoms with E-state index in [0.717, 1.165) is 0 Å². The van der Waals surface area contributed by atoms with E-state index in [4.69, 9.17) is 16.3 Å². The summed E-state index contributed by atoms with van der Waals surface area (Å²) in [6.07, 6.45) is 0.539. The standard InChI is InChI=1S/C12H14ClNO3/c1-16-12(15)10-6-8(7-14-10)17-11-5-3-2-4-9(11)13/h2-5,8,10,14H,6-7H2,1H3. The lowest BCUT2D eigenvalue weighted by molar-refractivity contribution is -0.142. The van der Waals surface area contributed by atoms with Crippen molar-refractivity contribution in [2.45, 2.75) is 18.6 Å². The lowest BCUT2D eigenvalue weighted by atomic mass is 10.2. The van der Waals surface area contributed by atoms with Crippen LogP contribution in [0.3, 0.4) is 0 Å². The van der Waals surface area contributed by atoms with Gasteiger partial charge in [0.15, 0.2) is 0 Å². The van der Waals surface area contributed by atoms with Gasteiger partial charge in [-0.1, -0.05) is 23.7 Å². The van der Waals surface area contributed by atoms with Crippen LogP contribution in [0.4, 0.5) is 0 Å². The van der Waals surface area contributed by atoms with Crippen LogP contribution in [0.25, 0.3) is 0 Å². The van der Waals surface area contributed by atoms with Crippen LogP contribution >= 0.6 is 11.6 Å². The van der Waals surface area contributed by atoms with E-state index in [0.29, 0.717) is 23.7 Å². The van der Waals surface area contributed by atoms with E-state index in [9.17, 15) is 4.79 Å². The molecule has 1 aliphatic rings. The number of carbonyl (C=O) groups excluding carboxylic acids is 1. The molecule has 1 saturated heterocycles. The Morgan fingerprint density at radius 1 is 1.47 bits per heavy atom. The number of hydrogen-bond acceptors (Lipinski definition) is 4. The molecule has 2 rings (SSSR count). The first-order valence-electron chi connectivity index (χ1n) is 5.43. The molecular weight excluding hydrogens is 242 g/mol. The lowest BCUT2D eigenvalue weighted by Gasteiger charge is -2.13. The van der Waals surface area contributed by atoms with Gasteiger partial charge in [0.25, 0.3) is 0 Å². The molecule has 1 heterocycles. The number of para-hydroxylation sites is 1. The molecule has 1 N–H and O–H groups in total. The third-order valence-corrected chi connectivity index (χ3v) is 3.02. The van der Waals surface area contributed by atoms with Gasteiger partial charge in [-0.3, -0.25) is 4.79 Å². The number of hydrogen-bond donors (Lipinski definition) is 1. The fraction of sp³-hybridized carbons (Fsp3) is 0.417. The van der Waals surface area contributed by atoms with E-state index in [2.05, 4.69) is 10.1 Å². The summed E-state index contributed by atoms with van der Waals surface area (Å²) in [6.45, 7) is 0.616. The van der Waals surface area contributed by atoms with Crippen molar-refractivity contribution in [1.82, 2.24) is 5.32 Å². The first-order valence-corrected chi connectivity index (χ1v) is 5.81. The molecule has 0 amide bonds. The molecule has 0 spiro atoms. The van der Waals surface area contributed by atoms with E-state index in [1.165, 1.54) is 7.11 Å². The molecule has 2 unspecified atom stereocenters. The van der Waals surface area contributed by atoms with Crippen LogP contribution in [0.1, 0.15) is 6.42 Å². The van der Waals surface area contributed by atoms with Crippen molar-refractivity contribution in [1.29, 1.82) is 0 Å². The van der Waals surface area contributed by atoms with E-state index >= 15 is 0 Å². The zero-order valence-electron chi connectivity index (χ0n) is 9.48. The quantitative estimate of drug-likeness (QED) is 0.834. The van der Waals surface area contributed by atoms with Gasteiger partial charge in [0, 0.05) is 13.0 Å². The van der Waals surface area contributed by atoms with Crippen LogP contribution in [-0.4, -0.2) is 31.8 Å². The Morgan fingerprint density at radius 3 is 2.94 bits per heavy atom. The molecule has 0 aromatic heterocycles. The Hall–Kier alpha value is -1.26.